The van der Waals surface area contributed by atoms with Crippen molar-refractivity contribution < 1.29 is 13.2 Å². The summed E-state index contributed by atoms with van der Waals surface area (Å²) in [4.78, 5) is 3.79. The van der Waals surface area contributed by atoms with Gasteiger partial charge in [0.15, 0.2) is 0 Å². The summed E-state index contributed by atoms with van der Waals surface area (Å²) < 4.78 is 36.2. The van der Waals surface area contributed by atoms with Gasteiger partial charge >= 0.3 is 6.18 Å². The van der Waals surface area contributed by atoms with Crippen LogP contribution in [0.25, 0.3) is 0 Å². The lowest BCUT2D eigenvalue weighted by atomic mass is 10.1. The molecule has 0 fully saturated rings. The first kappa shape index (κ1) is 12.4. The Morgan fingerprint density at radius 1 is 1.38 bits per heavy atom. The van der Waals surface area contributed by atoms with Crippen molar-refractivity contribution in [3.05, 3.63) is 29.6 Å². The Labute approximate surface area is 90.3 Å². The highest BCUT2D eigenvalue weighted by Crippen LogP contribution is 2.19. The van der Waals surface area contributed by atoms with E-state index in [1.807, 2.05) is 0 Å². The second-order valence-electron chi connectivity index (χ2n) is 3.35. The summed E-state index contributed by atoms with van der Waals surface area (Å²) in [5.41, 5.74) is -0.742. The molecular formula is C10H10F3N3. The number of nitrogens with one attached hydrogen (secondary N) is 2. The molecule has 1 aromatic rings. The first-order chi connectivity index (χ1) is 7.30. The summed E-state index contributed by atoms with van der Waals surface area (Å²) >= 11 is 0. The monoisotopic (exact) mass is 229 g/mol. The molecule has 0 saturated heterocycles. The molecule has 0 amide bonds. The average Bonchev–Trinajstić information content (AvgIpc) is 2.16. The predicted molar refractivity (Wildman–Crippen MR) is 54.2 cm³/mol. The zero-order valence-electron chi connectivity index (χ0n) is 8.52. The van der Waals surface area contributed by atoms with Gasteiger partial charge in [0.2, 0.25) is 0 Å². The van der Waals surface area contributed by atoms with Gasteiger partial charge in [0, 0.05) is 12.6 Å². The van der Waals surface area contributed by atoms with Gasteiger partial charge in [-0.1, -0.05) is 0 Å². The van der Waals surface area contributed by atoms with Gasteiger partial charge in [-0.05, 0) is 24.6 Å². The maximum atomic E-state index is 12.1. The number of halogens is 3. The predicted octanol–water partition coefficient (Wildman–Crippen LogP) is 2.73. The number of aryl methyl sites for hydroxylation is 1. The highest BCUT2D eigenvalue weighted by atomic mass is 19.4. The summed E-state index contributed by atoms with van der Waals surface area (Å²) in [6.45, 7) is 1.76. The van der Waals surface area contributed by atoms with E-state index in [0.717, 1.165) is 5.56 Å². The van der Waals surface area contributed by atoms with Crippen LogP contribution < -0.4 is 0 Å². The molecule has 3 nitrogen and oxygen atoms in total. The number of pyridine rings is 1. The van der Waals surface area contributed by atoms with Crippen LogP contribution in [0.4, 0.5) is 13.2 Å². The molecule has 0 aliphatic carbocycles. The molecule has 2 N–H and O–H groups in total. The molecule has 0 unspecified atom stereocenters. The molecule has 0 aliphatic heterocycles. The highest BCUT2D eigenvalue weighted by Gasteiger charge is 2.34. The average molecular weight is 229 g/mol. The summed E-state index contributed by atoms with van der Waals surface area (Å²) in [6, 6.07) is 3.21. The summed E-state index contributed by atoms with van der Waals surface area (Å²) in [7, 11) is 0. The van der Waals surface area contributed by atoms with Gasteiger partial charge in [0.1, 0.15) is 5.71 Å². The third-order valence-electron chi connectivity index (χ3n) is 1.92. The fourth-order valence-electron chi connectivity index (χ4n) is 1.07. The van der Waals surface area contributed by atoms with Gasteiger partial charge in [-0.25, -0.2) is 0 Å². The summed E-state index contributed by atoms with van der Waals surface area (Å²) in [5.74, 6) is 0. The normalized spacial score (nSPS) is 11.2. The molecule has 0 bridgehead atoms. The maximum Gasteiger partial charge on any atom is 0.429 e. The van der Waals surface area contributed by atoms with Crippen molar-refractivity contribution in [2.45, 2.75) is 19.5 Å². The Balaban J connectivity index is 2.78. The third-order valence-corrected chi connectivity index (χ3v) is 1.92. The molecule has 0 spiro atoms. The molecule has 0 saturated carbocycles. The van der Waals surface area contributed by atoms with Gasteiger partial charge in [0.25, 0.3) is 0 Å². The van der Waals surface area contributed by atoms with Crippen molar-refractivity contribution in [2.75, 3.05) is 0 Å². The molecule has 0 aliphatic rings. The van der Waals surface area contributed by atoms with Crippen molar-refractivity contribution in [3.63, 3.8) is 0 Å². The molecular weight excluding hydrogens is 219 g/mol. The first-order valence-electron chi connectivity index (χ1n) is 4.46. The molecule has 1 rings (SSSR count). The lowest BCUT2D eigenvalue weighted by Crippen LogP contribution is -2.25. The second kappa shape index (κ2) is 4.42. The smallest absolute Gasteiger partial charge is 0.303 e. The molecule has 6 heteroatoms. The Morgan fingerprint density at radius 2 is 2.00 bits per heavy atom. The SMILES string of the molecule is Cc1ccnc(C(=N)CC(=N)C(F)(F)F)c1. The van der Waals surface area contributed by atoms with E-state index < -0.39 is 18.3 Å². The fraction of sp³-hybridized carbons (Fsp3) is 0.300. The minimum absolute atomic E-state index is 0.175. The minimum Gasteiger partial charge on any atom is -0.303 e. The number of nitrogens with zero attached hydrogens (tertiary/aromatic N) is 1. The molecule has 0 radical (unpaired) electrons. The quantitative estimate of drug-likeness (QED) is 0.769. The van der Waals surface area contributed by atoms with Gasteiger partial charge in [-0.2, -0.15) is 13.2 Å². The van der Waals surface area contributed by atoms with E-state index in [1.165, 1.54) is 12.3 Å². The van der Waals surface area contributed by atoms with Crippen LogP contribution in [0.3, 0.4) is 0 Å². The van der Waals surface area contributed by atoms with E-state index in [-0.39, 0.29) is 11.4 Å². The summed E-state index contributed by atoms with van der Waals surface area (Å²) in [6.07, 6.45) is -3.99. The van der Waals surface area contributed by atoms with Crippen LogP contribution in [0.15, 0.2) is 18.3 Å². The zero-order valence-corrected chi connectivity index (χ0v) is 8.52. The largest absolute Gasteiger partial charge is 0.429 e. The van der Waals surface area contributed by atoms with Crippen LogP contribution in [-0.4, -0.2) is 22.6 Å². The van der Waals surface area contributed by atoms with Crippen LogP contribution in [0.2, 0.25) is 0 Å². The van der Waals surface area contributed by atoms with E-state index >= 15 is 0 Å². The second-order valence-corrected chi connectivity index (χ2v) is 3.35. The summed E-state index contributed by atoms with van der Waals surface area (Å²) in [5, 5.41) is 14.2. The van der Waals surface area contributed by atoms with Crippen molar-refractivity contribution in [1.82, 2.24) is 4.98 Å². The van der Waals surface area contributed by atoms with Crippen molar-refractivity contribution in [1.29, 1.82) is 10.8 Å². The number of alkyl halides is 3. The first-order valence-corrected chi connectivity index (χ1v) is 4.46. The van der Waals surface area contributed by atoms with Crippen LogP contribution in [-0.2, 0) is 0 Å². The molecule has 0 aromatic carbocycles. The van der Waals surface area contributed by atoms with Crippen molar-refractivity contribution in [2.24, 2.45) is 0 Å². The molecule has 1 heterocycles. The van der Waals surface area contributed by atoms with Gasteiger partial charge in [0.05, 0.1) is 11.4 Å². The van der Waals surface area contributed by atoms with Crippen LogP contribution in [0, 0.1) is 17.7 Å². The molecule has 0 atom stereocenters. The van der Waals surface area contributed by atoms with Crippen molar-refractivity contribution >= 4 is 11.4 Å². The van der Waals surface area contributed by atoms with Gasteiger partial charge in [-0.3, -0.25) is 4.98 Å². The zero-order chi connectivity index (χ0) is 12.3. The topological polar surface area (TPSA) is 60.6 Å². The lowest BCUT2D eigenvalue weighted by Gasteiger charge is -2.08. The highest BCUT2D eigenvalue weighted by molar-refractivity contribution is 6.10. The van der Waals surface area contributed by atoms with E-state index in [4.69, 9.17) is 10.8 Å². The maximum absolute atomic E-state index is 12.1. The number of rotatable bonds is 3. The molecule has 86 valence electrons. The van der Waals surface area contributed by atoms with E-state index in [0.29, 0.717) is 0 Å². The van der Waals surface area contributed by atoms with E-state index in [1.54, 1.807) is 13.0 Å². The minimum atomic E-state index is -4.67. The fourth-order valence-corrected chi connectivity index (χ4v) is 1.07. The Kier molecular flexibility index (Phi) is 3.41. The van der Waals surface area contributed by atoms with Crippen LogP contribution in [0.1, 0.15) is 17.7 Å². The van der Waals surface area contributed by atoms with Gasteiger partial charge < -0.3 is 10.8 Å². The third kappa shape index (κ3) is 3.15. The van der Waals surface area contributed by atoms with E-state index in [9.17, 15) is 13.2 Å². The number of aromatic nitrogens is 1. The molecule has 1 aromatic heterocycles. The number of hydrogen-bond donors (Lipinski definition) is 2. The van der Waals surface area contributed by atoms with Crippen LogP contribution in [0.5, 0.6) is 0 Å². The Morgan fingerprint density at radius 3 is 2.50 bits per heavy atom. The molecule has 16 heavy (non-hydrogen) atoms. The van der Waals surface area contributed by atoms with Crippen LogP contribution >= 0.6 is 0 Å². The Bertz CT molecular complexity index is 424. The number of hydrogen-bond acceptors (Lipinski definition) is 3. The lowest BCUT2D eigenvalue weighted by molar-refractivity contribution is -0.0605. The standard InChI is InChI=1S/C10H10F3N3/c1-6-2-3-16-8(4-6)7(14)5-9(15)10(11,12)13/h2-4,14-15H,5H2,1H3. The van der Waals surface area contributed by atoms with Crippen molar-refractivity contribution in [3.8, 4) is 0 Å². The van der Waals surface area contributed by atoms with Gasteiger partial charge in [-0.15, -0.1) is 0 Å². The van der Waals surface area contributed by atoms with E-state index in [2.05, 4.69) is 4.98 Å². The Hall–Kier alpha value is -1.72.